The highest BCUT2D eigenvalue weighted by Crippen LogP contribution is 2.16. The van der Waals surface area contributed by atoms with Gasteiger partial charge in [0.25, 0.3) is 5.97 Å². The SMILES string of the molecule is CC(=O)O.CC(C)(C)OC(=O)N1CCC(N)CC1.CC(C)(C)OC(=O)N1CCC(NCc2ccccc2)CC1. The number of piperidine rings is 2. The van der Waals surface area contributed by atoms with Crippen LogP contribution in [0.15, 0.2) is 30.3 Å². The highest BCUT2D eigenvalue weighted by Gasteiger charge is 2.27. The van der Waals surface area contributed by atoms with E-state index in [0.29, 0.717) is 6.04 Å². The molecule has 1 aromatic rings. The Labute approximate surface area is 234 Å². The molecule has 10 heteroatoms. The molecule has 2 aliphatic heterocycles. The molecule has 2 fully saturated rings. The normalized spacial score (nSPS) is 16.7. The second kappa shape index (κ2) is 16.3. The fraction of sp³-hybridized carbons (Fsp3) is 0.690. The van der Waals surface area contributed by atoms with Crippen LogP contribution in [-0.4, -0.2) is 82.5 Å². The van der Waals surface area contributed by atoms with Crippen molar-refractivity contribution in [2.45, 2.75) is 104 Å². The van der Waals surface area contributed by atoms with Crippen LogP contribution in [-0.2, 0) is 20.8 Å². The number of hydrogen-bond acceptors (Lipinski definition) is 7. The van der Waals surface area contributed by atoms with Gasteiger partial charge in [0.1, 0.15) is 11.2 Å². The first kappa shape index (κ1) is 34.2. The Balaban J connectivity index is 0.000000364. The summed E-state index contributed by atoms with van der Waals surface area (Å²) in [7, 11) is 0. The second-order valence-electron chi connectivity index (χ2n) is 11.9. The van der Waals surface area contributed by atoms with E-state index in [2.05, 4.69) is 29.6 Å². The molecule has 0 aliphatic carbocycles. The molecule has 0 unspecified atom stereocenters. The average molecular weight is 551 g/mol. The number of nitrogens with one attached hydrogen (secondary N) is 1. The van der Waals surface area contributed by atoms with Gasteiger partial charge in [0, 0.05) is 51.7 Å². The molecule has 10 nitrogen and oxygen atoms in total. The third-order valence-electron chi connectivity index (χ3n) is 5.78. The van der Waals surface area contributed by atoms with Gasteiger partial charge in [-0.1, -0.05) is 30.3 Å². The van der Waals surface area contributed by atoms with Crippen LogP contribution in [0.5, 0.6) is 0 Å². The van der Waals surface area contributed by atoms with Gasteiger partial charge in [-0.05, 0) is 72.8 Å². The van der Waals surface area contributed by atoms with Crippen molar-refractivity contribution in [2.75, 3.05) is 26.2 Å². The smallest absolute Gasteiger partial charge is 0.410 e. The summed E-state index contributed by atoms with van der Waals surface area (Å²) >= 11 is 0. The molecular formula is C29H50N4O6. The third kappa shape index (κ3) is 16.7. The summed E-state index contributed by atoms with van der Waals surface area (Å²) < 4.78 is 10.7. The van der Waals surface area contributed by atoms with E-state index in [1.165, 1.54) is 5.56 Å². The zero-order valence-electron chi connectivity index (χ0n) is 24.9. The van der Waals surface area contributed by atoms with Crippen LogP contribution in [0.1, 0.15) is 79.7 Å². The number of nitrogens with two attached hydrogens (primary N) is 1. The van der Waals surface area contributed by atoms with E-state index in [1.807, 2.05) is 52.5 Å². The van der Waals surface area contributed by atoms with Gasteiger partial charge in [-0.15, -0.1) is 0 Å². The second-order valence-corrected chi connectivity index (χ2v) is 11.9. The minimum atomic E-state index is -0.833. The van der Waals surface area contributed by atoms with Crippen molar-refractivity contribution in [2.24, 2.45) is 5.73 Å². The molecular weight excluding hydrogens is 500 g/mol. The van der Waals surface area contributed by atoms with E-state index >= 15 is 0 Å². The summed E-state index contributed by atoms with van der Waals surface area (Å²) in [6.07, 6.45) is 3.30. The number of rotatable bonds is 3. The lowest BCUT2D eigenvalue weighted by Gasteiger charge is -2.33. The Kier molecular flexibility index (Phi) is 14.3. The first-order valence-electron chi connectivity index (χ1n) is 13.7. The molecule has 0 aromatic heterocycles. The number of aliphatic carboxylic acids is 1. The monoisotopic (exact) mass is 550 g/mol. The summed E-state index contributed by atoms with van der Waals surface area (Å²) in [4.78, 5) is 36.1. The first-order chi connectivity index (χ1) is 18.1. The van der Waals surface area contributed by atoms with E-state index in [9.17, 15) is 9.59 Å². The van der Waals surface area contributed by atoms with Gasteiger partial charge in [0.05, 0.1) is 0 Å². The number of hydrogen-bond donors (Lipinski definition) is 3. The molecule has 3 rings (SSSR count). The van der Waals surface area contributed by atoms with Gasteiger partial charge >= 0.3 is 12.2 Å². The number of carbonyl (C=O) groups is 3. The molecule has 222 valence electrons. The number of amides is 2. The first-order valence-corrected chi connectivity index (χ1v) is 13.7. The lowest BCUT2D eigenvalue weighted by Crippen LogP contribution is -2.46. The van der Waals surface area contributed by atoms with Crippen molar-refractivity contribution in [3.05, 3.63) is 35.9 Å². The van der Waals surface area contributed by atoms with Crippen LogP contribution in [0, 0.1) is 0 Å². The molecule has 0 atom stereocenters. The predicted octanol–water partition coefficient (Wildman–Crippen LogP) is 4.61. The average Bonchev–Trinajstić information content (AvgIpc) is 2.82. The maximum Gasteiger partial charge on any atom is 0.410 e. The summed E-state index contributed by atoms with van der Waals surface area (Å²) in [6, 6.07) is 11.1. The molecule has 2 amide bonds. The predicted molar refractivity (Wildman–Crippen MR) is 152 cm³/mol. The van der Waals surface area contributed by atoms with Gasteiger partial charge in [-0.3, -0.25) is 4.79 Å². The van der Waals surface area contributed by atoms with Gasteiger partial charge in [0.15, 0.2) is 0 Å². The number of nitrogens with zero attached hydrogens (tertiary/aromatic N) is 2. The zero-order chi connectivity index (χ0) is 29.6. The van der Waals surface area contributed by atoms with Crippen molar-refractivity contribution in [3.8, 4) is 0 Å². The molecule has 0 spiro atoms. The van der Waals surface area contributed by atoms with Gasteiger partial charge in [0.2, 0.25) is 0 Å². The highest BCUT2D eigenvalue weighted by atomic mass is 16.6. The Hall–Kier alpha value is -2.85. The van der Waals surface area contributed by atoms with E-state index in [4.69, 9.17) is 25.1 Å². The number of carbonyl (C=O) groups excluding carboxylic acids is 2. The summed E-state index contributed by atoms with van der Waals surface area (Å²) in [5, 5.41) is 11.0. The standard InChI is InChI=1S/C17H26N2O2.C10H20N2O2.C2H4O2/c1-17(2,3)21-16(20)19-11-9-15(10-12-19)18-13-14-7-5-4-6-8-14;1-10(2,3)14-9(13)12-6-4-8(11)5-7-12;1-2(3)4/h4-8,15,18H,9-13H2,1-3H3;8H,4-7,11H2,1-3H3;1H3,(H,3,4). The van der Waals surface area contributed by atoms with Crippen LogP contribution >= 0.6 is 0 Å². The Morgan fingerprint density at radius 2 is 1.23 bits per heavy atom. The van der Waals surface area contributed by atoms with E-state index < -0.39 is 17.2 Å². The van der Waals surface area contributed by atoms with Crippen LogP contribution in [0.3, 0.4) is 0 Å². The Morgan fingerprint density at radius 1 is 0.846 bits per heavy atom. The molecule has 4 N–H and O–H groups in total. The third-order valence-corrected chi connectivity index (χ3v) is 5.78. The van der Waals surface area contributed by atoms with E-state index in [-0.39, 0.29) is 18.2 Å². The van der Waals surface area contributed by atoms with Crippen LogP contribution in [0.4, 0.5) is 9.59 Å². The summed E-state index contributed by atoms with van der Waals surface area (Å²) in [5.41, 5.74) is 6.22. The van der Waals surface area contributed by atoms with E-state index in [1.54, 1.807) is 4.90 Å². The highest BCUT2D eigenvalue weighted by molar-refractivity contribution is 5.68. The number of ether oxygens (including phenoxy) is 2. The van der Waals surface area contributed by atoms with Crippen molar-refractivity contribution in [1.82, 2.24) is 15.1 Å². The fourth-order valence-electron chi connectivity index (χ4n) is 3.86. The molecule has 2 aliphatic rings. The lowest BCUT2D eigenvalue weighted by atomic mass is 10.0. The maximum atomic E-state index is 12.0. The van der Waals surface area contributed by atoms with E-state index in [0.717, 1.165) is 65.3 Å². The molecule has 2 saturated heterocycles. The maximum absolute atomic E-state index is 12.0. The molecule has 1 aromatic carbocycles. The van der Waals surface area contributed by atoms with Crippen molar-refractivity contribution in [1.29, 1.82) is 0 Å². The number of carboxylic acids is 1. The number of benzene rings is 1. The Morgan fingerprint density at radius 3 is 1.62 bits per heavy atom. The topological polar surface area (TPSA) is 134 Å². The van der Waals surface area contributed by atoms with Crippen LogP contribution in [0.25, 0.3) is 0 Å². The minimum Gasteiger partial charge on any atom is -0.481 e. The van der Waals surface area contributed by atoms with Crippen LogP contribution in [0.2, 0.25) is 0 Å². The zero-order valence-corrected chi connectivity index (χ0v) is 24.9. The van der Waals surface area contributed by atoms with Gasteiger partial charge in [-0.25, -0.2) is 9.59 Å². The van der Waals surface area contributed by atoms with Crippen LogP contribution < -0.4 is 11.1 Å². The lowest BCUT2D eigenvalue weighted by molar-refractivity contribution is -0.134. The molecule has 0 saturated carbocycles. The fourth-order valence-corrected chi connectivity index (χ4v) is 3.86. The summed E-state index contributed by atoms with van der Waals surface area (Å²) in [6.45, 7) is 16.3. The minimum absolute atomic E-state index is 0.191. The van der Waals surface area contributed by atoms with Crippen molar-refractivity contribution in [3.63, 3.8) is 0 Å². The quantitative estimate of drug-likeness (QED) is 0.497. The molecule has 39 heavy (non-hydrogen) atoms. The van der Waals surface area contributed by atoms with Crippen molar-refractivity contribution < 1.29 is 29.0 Å². The summed E-state index contributed by atoms with van der Waals surface area (Å²) in [5.74, 6) is -0.833. The Bertz CT molecular complexity index is 862. The van der Waals surface area contributed by atoms with Gasteiger partial charge < -0.3 is 35.4 Å². The largest absolute Gasteiger partial charge is 0.481 e. The van der Waals surface area contributed by atoms with Gasteiger partial charge in [-0.2, -0.15) is 0 Å². The number of carboxylic acid groups (broad SMARTS) is 1. The number of likely N-dealkylation sites (tertiary alicyclic amines) is 2. The molecule has 0 bridgehead atoms. The molecule has 2 heterocycles. The van der Waals surface area contributed by atoms with Crippen molar-refractivity contribution >= 4 is 18.2 Å². The molecule has 0 radical (unpaired) electrons.